The van der Waals surface area contributed by atoms with Crippen molar-refractivity contribution in [2.45, 2.75) is 18.1 Å². The second kappa shape index (κ2) is 7.02. The number of amides is 1. The van der Waals surface area contributed by atoms with Crippen molar-refractivity contribution in [2.75, 3.05) is 20.8 Å². The van der Waals surface area contributed by atoms with Gasteiger partial charge >= 0.3 is 5.97 Å². The fourth-order valence-electron chi connectivity index (χ4n) is 2.15. The van der Waals surface area contributed by atoms with E-state index in [0.29, 0.717) is 14.7 Å². The van der Waals surface area contributed by atoms with Gasteiger partial charge in [0, 0.05) is 6.42 Å². The molecular weight excluding hydrogens is 440 g/mol. The fourth-order valence-corrected chi connectivity index (χ4v) is 3.94. The summed E-state index contributed by atoms with van der Waals surface area (Å²) in [5, 5.41) is 16.5. The number of carbonyl (C=O) groups is 2. The zero-order valence-corrected chi connectivity index (χ0v) is 15.4. The van der Waals surface area contributed by atoms with Crippen molar-refractivity contribution in [2.24, 2.45) is 5.16 Å². The monoisotopic (exact) mass is 452 g/mol. The molecule has 0 unspecified atom stereocenters. The van der Waals surface area contributed by atoms with Crippen molar-refractivity contribution in [3.05, 3.63) is 20.8 Å². The van der Waals surface area contributed by atoms with Crippen LogP contribution in [-0.4, -0.2) is 55.2 Å². The van der Waals surface area contributed by atoms with E-state index in [4.69, 9.17) is 9.57 Å². The molecule has 126 valence electrons. The standard InChI is InChI=1S/C13H14Br2N2O6/c1-21-8(18)5-16-12(20)7-4-13(23-17-7)3-6(14)10(22-2)9(15)11(13)19/h3,11,19H,4-5H2,1-2H3,(H,16,20)/t11-,13+/m0/s1. The first kappa shape index (κ1) is 18.0. The molecule has 0 saturated carbocycles. The Kier molecular flexibility index (Phi) is 5.48. The number of esters is 1. The van der Waals surface area contributed by atoms with Gasteiger partial charge in [-0.05, 0) is 37.9 Å². The number of methoxy groups -OCH3 is 2. The van der Waals surface area contributed by atoms with Crippen molar-refractivity contribution in [3.8, 4) is 0 Å². The Morgan fingerprint density at radius 1 is 1.52 bits per heavy atom. The predicted molar refractivity (Wildman–Crippen MR) is 86.9 cm³/mol. The van der Waals surface area contributed by atoms with Crippen LogP contribution in [0.25, 0.3) is 0 Å². The van der Waals surface area contributed by atoms with Crippen molar-refractivity contribution in [1.82, 2.24) is 5.32 Å². The molecule has 2 atom stereocenters. The van der Waals surface area contributed by atoms with E-state index in [1.54, 1.807) is 6.08 Å². The number of nitrogens with zero attached hydrogens (tertiary/aromatic N) is 1. The Morgan fingerprint density at radius 3 is 2.83 bits per heavy atom. The van der Waals surface area contributed by atoms with Crippen molar-refractivity contribution in [3.63, 3.8) is 0 Å². The van der Waals surface area contributed by atoms with Gasteiger partial charge in [0.2, 0.25) is 0 Å². The Morgan fingerprint density at radius 2 is 2.22 bits per heavy atom. The van der Waals surface area contributed by atoms with E-state index < -0.39 is 23.6 Å². The van der Waals surface area contributed by atoms with Crippen LogP contribution < -0.4 is 5.32 Å². The number of aliphatic hydroxyl groups is 1. The summed E-state index contributed by atoms with van der Waals surface area (Å²) in [6.45, 7) is -0.277. The summed E-state index contributed by atoms with van der Waals surface area (Å²) in [6, 6.07) is 0. The second-order valence-electron chi connectivity index (χ2n) is 4.80. The third-order valence-electron chi connectivity index (χ3n) is 3.36. The Balaban J connectivity index is 2.10. The van der Waals surface area contributed by atoms with Crippen LogP contribution in [0, 0.1) is 0 Å². The zero-order chi connectivity index (χ0) is 17.2. The highest BCUT2D eigenvalue weighted by Crippen LogP contribution is 2.43. The third kappa shape index (κ3) is 3.43. The quantitative estimate of drug-likeness (QED) is 0.607. The number of hydrogen-bond acceptors (Lipinski definition) is 7. The minimum atomic E-state index is -1.22. The molecule has 10 heteroatoms. The SMILES string of the molecule is COC(=O)CNC(=O)C1=NO[C@]2(C=C(Br)C(OC)=C(Br)[C@@H]2O)C1. The van der Waals surface area contributed by atoms with E-state index in [1.165, 1.54) is 14.2 Å². The van der Waals surface area contributed by atoms with Gasteiger partial charge in [0.25, 0.3) is 5.91 Å². The Labute approximate surface area is 148 Å². The van der Waals surface area contributed by atoms with Crippen LogP contribution in [0.4, 0.5) is 0 Å². The lowest BCUT2D eigenvalue weighted by molar-refractivity contribution is -0.140. The van der Waals surface area contributed by atoms with Crippen LogP contribution in [0.15, 0.2) is 26.0 Å². The summed E-state index contributed by atoms with van der Waals surface area (Å²) in [5.41, 5.74) is -1.16. The van der Waals surface area contributed by atoms with E-state index >= 15 is 0 Å². The molecule has 0 bridgehead atoms. The number of allylic oxidation sites excluding steroid dienone is 1. The average molecular weight is 454 g/mol. The maximum absolute atomic E-state index is 12.0. The minimum absolute atomic E-state index is 0.0301. The normalized spacial score (nSPS) is 26.4. The van der Waals surface area contributed by atoms with E-state index in [2.05, 4.69) is 47.1 Å². The van der Waals surface area contributed by atoms with E-state index in [9.17, 15) is 14.7 Å². The van der Waals surface area contributed by atoms with Crippen LogP contribution in [0.5, 0.6) is 0 Å². The smallest absolute Gasteiger partial charge is 0.325 e. The summed E-state index contributed by atoms with van der Waals surface area (Å²) >= 11 is 6.59. The number of halogens is 2. The van der Waals surface area contributed by atoms with Gasteiger partial charge in [0.05, 0.1) is 23.2 Å². The first-order valence-corrected chi connectivity index (χ1v) is 8.03. The fraction of sp³-hybridized carbons (Fsp3) is 0.462. The van der Waals surface area contributed by atoms with Gasteiger partial charge in [-0.1, -0.05) is 5.16 Å². The van der Waals surface area contributed by atoms with Gasteiger partial charge in [-0.3, -0.25) is 9.59 Å². The molecule has 0 radical (unpaired) electrons. The molecule has 2 rings (SSSR count). The maximum Gasteiger partial charge on any atom is 0.325 e. The molecule has 1 heterocycles. The molecule has 1 spiro atoms. The number of hydrogen-bond donors (Lipinski definition) is 2. The third-order valence-corrected chi connectivity index (χ3v) is 4.75. The van der Waals surface area contributed by atoms with Crippen molar-refractivity contribution < 1.29 is 29.0 Å². The van der Waals surface area contributed by atoms with Gasteiger partial charge in [-0.25, -0.2) is 0 Å². The molecular formula is C13H14Br2N2O6. The number of oxime groups is 1. The maximum atomic E-state index is 12.0. The molecule has 0 aromatic heterocycles. The van der Waals surface area contributed by atoms with Crippen LogP contribution in [0.3, 0.4) is 0 Å². The molecule has 0 saturated heterocycles. The first-order chi connectivity index (χ1) is 10.8. The highest BCUT2D eigenvalue weighted by atomic mass is 79.9. The summed E-state index contributed by atoms with van der Waals surface area (Å²) in [5.74, 6) is -0.722. The summed E-state index contributed by atoms with van der Waals surface area (Å²) in [6.07, 6.45) is 0.515. The van der Waals surface area contributed by atoms with E-state index in [-0.39, 0.29) is 18.7 Å². The summed E-state index contributed by atoms with van der Waals surface area (Å²) in [4.78, 5) is 28.4. The molecule has 8 nitrogen and oxygen atoms in total. The van der Waals surface area contributed by atoms with Gasteiger partial charge in [0.15, 0.2) is 5.60 Å². The largest absolute Gasteiger partial charge is 0.495 e. The van der Waals surface area contributed by atoms with Crippen LogP contribution in [0.2, 0.25) is 0 Å². The molecule has 0 fully saturated rings. The lowest BCUT2D eigenvalue weighted by Gasteiger charge is -2.33. The van der Waals surface area contributed by atoms with Crippen molar-refractivity contribution >= 4 is 49.4 Å². The number of carbonyl (C=O) groups excluding carboxylic acids is 2. The van der Waals surface area contributed by atoms with E-state index in [0.717, 1.165) is 0 Å². The topological polar surface area (TPSA) is 106 Å². The number of ether oxygens (including phenoxy) is 2. The lowest BCUT2D eigenvalue weighted by atomic mass is 9.87. The first-order valence-electron chi connectivity index (χ1n) is 6.45. The summed E-state index contributed by atoms with van der Waals surface area (Å²) in [7, 11) is 2.69. The average Bonchev–Trinajstić information content (AvgIpc) is 2.95. The number of aliphatic hydroxyl groups excluding tert-OH is 1. The zero-order valence-electron chi connectivity index (χ0n) is 12.3. The molecule has 1 aliphatic heterocycles. The molecule has 0 aromatic rings. The number of rotatable bonds is 4. The predicted octanol–water partition coefficient (Wildman–Crippen LogP) is 0.697. The van der Waals surface area contributed by atoms with Gasteiger partial charge in [-0.15, -0.1) is 0 Å². The lowest BCUT2D eigenvalue weighted by Crippen LogP contribution is -2.45. The second-order valence-corrected chi connectivity index (χ2v) is 6.50. The van der Waals surface area contributed by atoms with E-state index in [1.807, 2.05) is 0 Å². The highest BCUT2D eigenvalue weighted by molar-refractivity contribution is 9.12. The molecule has 2 aliphatic rings. The molecule has 1 amide bonds. The Hall–Kier alpha value is -1.39. The van der Waals surface area contributed by atoms with Crippen LogP contribution in [-0.2, 0) is 23.9 Å². The van der Waals surface area contributed by atoms with Crippen LogP contribution in [0.1, 0.15) is 6.42 Å². The van der Waals surface area contributed by atoms with Crippen molar-refractivity contribution in [1.29, 1.82) is 0 Å². The van der Waals surface area contributed by atoms with Gasteiger partial charge in [-0.2, -0.15) is 0 Å². The minimum Gasteiger partial charge on any atom is -0.495 e. The van der Waals surface area contributed by atoms with Gasteiger partial charge < -0.3 is 24.7 Å². The molecule has 1 aliphatic carbocycles. The molecule has 23 heavy (non-hydrogen) atoms. The van der Waals surface area contributed by atoms with Gasteiger partial charge in [0.1, 0.15) is 24.1 Å². The molecule has 2 N–H and O–H groups in total. The van der Waals surface area contributed by atoms with Crippen LogP contribution >= 0.6 is 31.9 Å². The summed E-state index contributed by atoms with van der Waals surface area (Å²) < 4.78 is 10.5. The number of nitrogens with one attached hydrogen (secondary N) is 1. The highest BCUT2D eigenvalue weighted by Gasteiger charge is 2.50. The molecule has 0 aromatic carbocycles. The Bertz CT molecular complexity index is 630.